The number of fused-ring (bicyclic) bond motifs is 1. The molecule has 1 atom stereocenters. The Morgan fingerprint density at radius 2 is 2.17 bits per heavy atom. The predicted molar refractivity (Wildman–Crippen MR) is 113 cm³/mol. The molecule has 2 N–H and O–H groups in total. The minimum Gasteiger partial charge on any atom is -0.345 e. The van der Waals surface area contributed by atoms with Gasteiger partial charge in [0.15, 0.2) is 0 Å². The largest absolute Gasteiger partial charge is 0.345 e. The highest BCUT2D eigenvalue weighted by Gasteiger charge is 2.27. The van der Waals surface area contributed by atoms with Crippen molar-refractivity contribution in [2.45, 2.75) is 59.5 Å². The van der Waals surface area contributed by atoms with Crippen molar-refractivity contribution in [1.29, 1.82) is 0 Å². The Labute approximate surface area is 174 Å². The number of H-pyrrole nitrogens is 1. The third kappa shape index (κ3) is 4.93. The van der Waals surface area contributed by atoms with Crippen LogP contribution in [0.3, 0.4) is 0 Å². The lowest BCUT2D eigenvalue weighted by atomic mass is 9.95. The Morgan fingerprint density at radius 3 is 2.86 bits per heavy atom. The molecule has 0 fully saturated rings. The second-order valence-electron chi connectivity index (χ2n) is 7.55. The first-order chi connectivity index (χ1) is 13.9. The summed E-state index contributed by atoms with van der Waals surface area (Å²) in [4.78, 5) is 46.6. The van der Waals surface area contributed by atoms with Crippen LogP contribution in [0.4, 0.5) is 0 Å². The number of hydrogen-bond donors (Lipinski definition) is 2. The van der Waals surface area contributed by atoms with Gasteiger partial charge in [0.25, 0.3) is 11.5 Å². The minimum atomic E-state index is -0.394. The normalized spacial score (nSPS) is 14.4. The number of carbonyl (C=O) groups excluding carboxylic acids is 2. The summed E-state index contributed by atoms with van der Waals surface area (Å²) < 4.78 is 0. The number of hydrogen-bond acceptors (Lipinski definition) is 5. The zero-order valence-corrected chi connectivity index (χ0v) is 18.0. The molecule has 1 unspecified atom stereocenters. The molecule has 0 radical (unpaired) electrons. The molecule has 3 heterocycles. The van der Waals surface area contributed by atoms with Gasteiger partial charge in [-0.3, -0.25) is 14.4 Å². The molecule has 1 aliphatic heterocycles. The Morgan fingerprint density at radius 1 is 1.38 bits per heavy atom. The highest BCUT2D eigenvalue weighted by molar-refractivity contribution is 7.09. The summed E-state index contributed by atoms with van der Waals surface area (Å²) >= 11 is 1.50. The zero-order valence-electron chi connectivity index (χ0n) is 17.2. The SMILES string of the molecule is CCc1csc(CNC(=O)c2c3c(c[nH]c2=O)CN(C(=O)CC(C)CC)CC3)n1. The molecular formula is C21H28N4O3S. The molecule has 0 bridgehead atoms. The van der Waals surface area contributed by atoms with Crippen molar-refractivity contribution >= 4 is 23.2 Å². The van der Waals surface area contributed by atoms with Crippen LogP contribution in [0.2, 0.25) is 0 Å². The van der Waals surface area contributed by atoms with E-state index in [1.807, 2.05) is 17.2 Å². The van der Waals surface area contributed by atoms with Gasteiger partial charge < -0.3 is 15.2 Å². The summed E-state index contributed by atoms with van der Waals surface area (Å²) in [5.41, 5.74) is 2.34. The van der Waals surface area contributed by atoms with Gasteiger partial charge >= 0.3 is 0 Å². The molecule has 2 aromatic heterocycles. The van der Waals surface area contributed by atoms with E-state index in [-0.39, 0.29) is 11.5 Å². The van der Waals surface area contributed by atoms with Crippen LogP contribution in [-0.4, -0.2) is 33.2 Å². The van der Waals surface area contributed by atoms with Crippen LogP contribution in [0, 0.1) is 5.92 Å². The van der Waals surface area contributed by atoms with Gasteiger partial charge in [-0.1, -0.05) is 27.2 Å². The maximum Gasteiger partial charge on any atom is 0.261 e. The van der Waals surface area contributed by atoms with Gasteiger partial charge in [0.05, 0.1) is 12.2 Å². The number of aromatic amines is 1. The van der Waals surface area contributed by atoms with Crippen molar-refractivity contribution in [3.8, 4) is 0 Å². The van der Waals surface area contributed by atoms with Crippen LogP contribution in [0.1, 0.15) is 65.8 Å². The predicted octanol–water partition coefficient (Wildman–Crippen LogP) is 2.64. The molecule has 156 valence electrons. The van der Waals surface area contributed by atoms with Crippen molar-refractivity contribution in [3.63, 3.8) is 0 Å². The second-order valence-corrected chi connectivity index (χ2v) is 8.49. The average molecular weight is 417 g/mol. The molecule has 2 amide bonds. The molecule has 0 aromatic carbocycles. The van der Waals surface area contributed by atoms with Crippen LogP contribution < -0.4 is 10.9 Å². The summed E-state index contributed by atoms with van der Waals surface area (Å²) in [6.45, 7) is 7.43. The molecule has 1 aliphatic rings. The fourth-order valence-corrected chi connectivity index (χ4v) is 4.25. The lowest BCUT2D eigenvalue weighted by molar-refractivity contribution is -0.133. The molecule has 7 nitrogen and oxygen atoms in total. The van der Waals surface area contributed by atoms with Crippen molar-refractivity contribution in [1.82, 2.24) is 20.2 Å². The number of rotatable bonds is 7. The van der Waals surface area contributed by atoms with Gasteiger partial charge in [-0.15, -0.1) is 11.3 Å². The number of pyridine rings is 1. The van der Waals surface area contributed by atoms with E-state index >= 15 is 0 Å². The molecule has 29 heavy (non-hydrogen) atoms. The first-order valence-electron chi connectivity index (χ1n) is 10.2. The summed E-state index contributed by atoms with van der Waals surface area (Å²) in [6.07, 6.45) is 4.47. The highest BCUT2D eigenvalue weighted by atomic mass is 32.1. The molecule has 0 spiro atoms. The Kier molecular flexibility index (Phi) is 6.84. The Balaban J connectivity index is 1.73. The van der Waals surface area contributed by atoms with Gasteiger partial charge in [0.2, 0.25) is 5.91 Å². The number of aromatic nitrogens is 2. The maximum atomic E-state index is 12.8. The molecule has 2 aromatic rings. The third-order valence-corrected chi connectivity index (χ3v) is 6.35. The second kappa shape index (κ2) is 9.35. The van der Waals surface area contributed by atoms with E-state index in [1.54, 1.807) is 6.20 Å². The van der Waals surface area contributed by atoms with Crippen molar-refractivity contribution in [3.05, 3.63) is 49.3 Å². The van der Waals surface area contributed by atoms with Gasteiger partial charge in [-0.25, -0.2) is 4.98 Å². The lowest BCUT2D eigenvalue weighted by Gasteiger charge is -2.30. The number of carbonyl (C=O) groups is 2. The Bertz CT molecular complexity index is 950. The maximum absolute atomic E-state index is 12.8. The third-order valence-electron chi connectivity index (χ3n) is 5.45. The van der Waals surface area contributed by atoms with Crippen LogP contribution in [0.15, 0.2) is 16.4 Å². The molecule has 0 saturated carbocycles. The van der Waals surface area contributed by atoms with Gasteiger partial charge in [-0.05, 0) is 29.9 Å². The fraction of sp³-hybridized carbons (Fsp3) is 0.524. The standard InChI is InChI=1S/C21H28N4O3S/c1-4-13(3)8-18(26)25-7-6-16-14(11-25)9-22-20(27)19(16)21(28)23-10-17-24-15(5-2)12-29-17/h9,12-13H,4-8,10-11H2,1-3H3,(H,22,27)(H,23,28). The van der Waals surface area contributed by atoms with Gasteiger partial charge in [0, 0.05) is 31.1 Å². The van der Waals surface area contributed by atoms with E-state index in [4.69, 9.17) is 0 Å². The van der Waals surface area contributed by atoms with Crippen LogP contribution in [0.5, 0.6) is 0 Å². The summed E-state index contributed by atoms with van der Waals surface area (Å²) in [5.74, 6) is 0.0772. The van der Waals surface area contributed by atoms with E-state index < -0.39 is 11.5 Å². The van der Waals surface area contributed by atoms with E-state index in [2.05, 4.69) is 29.1 Å². The van der Waals surface area contributed by atoms with Crippen molar-refractivity contribution < 1.29 is 9.59 Å². The summed E-state index contributed by atoms with van der Waals surface area (Å²) in [7, 11) is 0. The fourth-order valence-electron chi connectivity index (χ4n) is 3.43. The molecular weight excluding hydrogens is 388 g/mol. The van der Waals surface area contributed by atoms with Crippen molar-refractivity contribution in [2.24, 2.45) is 5.92 Å². The number of thiazole rings is 1. The quantitative estimate of drug-likeness (QED) is 0.725. The Hall–Kier alpha value is -2.48. The minimum absolute atomic E-state index is 0.123. The number of nitrogens with one attached hydrogen (secondary N) is 2. The van der Waals surface area contributed by atoms with Crippen molar-refractivity contribution in [2.75, 3.05) is 6.54 Å². The average Bonchev–Trinajstić information content (AvgIpc) is 3.19. The van der Waals surface area contributed by atoms with E-state index in [1.165, 1.54) is 11.3 Å². The van der Waals surface area contributed by atoms with Gasteiger partial charge in [0.1, 0.15) is 10.6 Å². The number of aryl methyl sites for hydroxylation is 1. The first-order valence-corrected chi connectivity index (χ1v) is 11.0. The van der Waals surface area contributed by atoms with Gasteiger partial charge in [-0.2, -0.15) is 0 Å². The molecule has 3 rings (SSSR count). The van der Waals surface area contributed by atoms with Crippen LogP contribution in [0.25, 0.3) is 0 Å². The summed E-state index contributed by atoms with van der Waals surface area (Å²) in [5, 5.41) is 5.61. The smallest absolute Gasteiger partial charge is 0.261 e. The lowest BCUT2D eigenvalue weighted by Crippen LogP contribution is -2.40. The number of nitrogens with zero attached hydrogens (tertiary/aromatic N) is 2. The molecule has 0 saturated heterocycles. The van der Waals surface area contributed by atoms with E-state index in [0.29, 0.717) is 38.4 Å². The summed E-state index contributed by atoms with van der Waals surface area (Å²) in [6, 6.07) is 0. The van der Waals surface area contributed by atoms with Crippen LogP contribution in [-0.2, 0) is 30.7 Å². The van der Waals surface area contributed by atoms with Crippen LogP contribution >= 0.6 is 11.3 Å². The molecule has 8 heteroatoms. The first kappa shape index (κ1) is 21.2. The van der Waals surface area contributed by atoms with E-state index in [9.17, 15) is 14.4 Å². The topological polar surface area (TPSA) is 95.2 Å². The monoisotopic (exact) mass is 416 g/mol. The molecule has 0 aliphatic carbocycles. The van der Waals surface area contributed by atoms with E-state index in [0.717, 1.165) is 34.7 Å². The number of amides is 2. The zero-order chi connectivity index (χ0) is 21.0. The highest BCUT2D eigenvalue weighted by Crippen LogP contribution is 2.22.